The third-order valence-electron chi connectivity index (χ3n) is 4.93. The number of nitrogens with zero attached hydrogens (tertiary/aromatic N) is 6. The van der Waals surface area contributed by atoms with Gasteiger partial charge in [-0.15, -0.1) is 10.2 Å². The average Bonchev–Trinajstić information content (AvgIpc) is 3.24. The molecule has 0 radical (unpaired) electrons. The van der Waals surface area contributed by atoms with Crippen LogP contribution in [-0.2, 0) is 26.6 Å². The molecular formula is C20H20N6O2. The van der Waals surface area contributed by atoms with E-state index in [2.05, 4.69) is 27.1 Å². The molecule has 1 aromatic carbocycles. The highest BCUT2D eigenvalue weighted by Crippen LogP contribution is 2.13. The molecule has 3 heterocycles. The fourth-order valence-corrected chi connectivity index (χ4v) is 3.45. The van der Waals surface area contributed by atoms with Gasteiger partial charge < -0.3 is 4.57 Å². The molecule has 3 aromatic rings. The first kappa shape index (κ1) is 17.9. The predicted molar refractivity (Wildman–Crippen MR) is 104 cm³/mol. The molecule has 0 saturated carbocycles. The molecule has 0 aliphatic carbocycles. The number of benzene rings is 1. The molecule has 4 rings (SSSR count). The molecule has 0 saturated heterocycles. The van der Waals surface area contributed by atoms with E-state index in [1.165, 1.54) is 17.2 Å². The second-order valence-corrected chi connectivity index (χ2v) is 6.76. The van der Waals surface area contributed by atoms with Crippen molar-refractivity contribution in [3.8, 4) is 12.0 Å². The van der Waals surface area contributed by atoms with Gasteiger partial charge in [0.15, 0.2) is 0 Å². The maximum Gasteiger partial charge on any atom is 0.331 e. The van der Waals surface area contributed by atoms with E-state index in [1.807, 2.05) is 30.3 Å². The Morgan fingerprint density at radius 3 is 2.61 bits per heavy atom. The molecule has 1 aliphatic heterocycles. The molecule has 8 heteroatoms. The van der Waals surface area contributed by atoms with Gasteiger partial charge in [-0.25, -0.2) is 9.36 Å². The summed E-state index contributed by atoms with van der Waals surface area (Å²) in [5.41, 5.74) is 1.94. The van der Waals surface area contributed by atoms with Crippen molar-refractivity contribution in [2.24, 2.45) is 7.05 Å². The first-order valence-corrected chi connectivity index (χ1v) is 9.05. The molecule has 0 unspecified atom stereocenters. The lowest BCUT2D eigenvalue weighted by molar-refractivity contribution is 0.275. The highest BCUT2D eigenvalue weighted by molar-refractivity contribution is 5.23. The molecule has 8 nitrogen and oxygen atoms in total. The van der Waals surface area contributed by atoms with Gasteiger partial charge in [-0.2, -0.15) is 0 Å². The molecule has 0 spiro atoms. The molecule has 28 heavy (non-hydrogen) atoms. The van der Waals surface area contributed by atoms with Crippen molar-refractivity contribution >= 4 is 0 Å². The third-order valence-corrected chi connectivity index (χ3v) is 4.93. The molecule has 0 fully saturated rings. The van der Waals surface area contributed by atoms with Crippen molar-refractivity contribution in [1.29, 1.82) is 0 Å². The van der Waals surface area contributed by atoms with E-state index in [0.29, 0.717) is 25.1 Å². The van der Waals surface area contributed by atoms with Gasteiger partial charge in [0.1, 0.15) is 12.7 Å². The van der Waals surface area contributed by atoms with Gasteiger partial charge in [0, 0.05) is 38.3 Å². The lowest BCUT2D eigenvalue weighted by Gasteiger charge is -2.28. The fourth-order valence-electron chi connectivity index (χ4n) is 3.45. The molecule has 1 aliphatic rings. The van der Waals surface area contributed by atoms with E-state index in [9.17, 15) is 9.59 Å². The van der Waals surface area contributed by atoms with Crippen LogP contribution in [0.1, 0.15) is 16.8 Å². The van der Waals surface area contributed by atoms with Crippen LogP contribution in [0.5, 0.6) is 0 Å². The maximum absolute atomic E-state index is 13.1. The van der Waals surface area contributed by atoms with Crippen LogP contribution >= 0.6 is 0 Å². The predicted octanol–water partition coefficient (Wildman–Crippen LogP) is 0.0541. The van der Waals surface area contributed by atoms with Gasteiger partial charge in [-0.3, -0.25) is 14.3 Å². The summed E-state index contributed by atoms with van der Waals surface area (Å²) >= 11 is 0. The Bertz CT molecular complexity index is 1150. The molecule has 142 valence electrons. The van der Waals surface area contributed by atoms with Crippen LogP contribution in [0.3, 0.4) is 0 Å². The average molecular weight is 376 g/mol. The number of rotatable bonds is 3. The Labute approximate surface area is 161 Å². The van der Waals surface area contributed by atoms with Crippen LogP contribution in [0.4, 0.5) is 0 Å². The Hall–Kier alpha value is -3.44. The quantitative estimate of drug-likeness (QED) is 0.604. The second-order valence-electron chi connectivity index (χ2n) is 6.76. The summed E-state index contributed by atoms with van der Waals surface area (Å²) in [7, 11) is 1.74. The first-order chi connectivity index (χ1) is 13.6. The number of hydrogen-bond donors (Lipinski definition) is 0. The van der Waals surface area contributed by atoms with E-state index >= 15 is 0 Å². The normalized spacial score (nSPS) is 13.6. The minimum Gasteiger partial charge on any atom is -0.300 e. The minimum absolute atomic E-state index is 0.210. The van der Waals surface area contributed by atoms with E-state index in [4.69, 9.17) is 0 Å². The van der Waals surface area contributed by atoms with Gasteiger partial charge in [0.25, 0.3) is 5.56 Å². The number of fused-ring (bicyclic) bond motifs is 1. The summed E-state index contributed by atoms with van der Waals surface area (Å²) in [5, 5.41) is 7.42. The molecule has 0 bridgehead atoms. The molecule has 0 amide bonds. The lowest BCUT2D eigenvalue weighted by Crippen LogP contribution is -2.47. The lowest BCUT2D eigenvalue weighted by atomic mass is 10.1. The van der Waals surface area contributed by atoms with E-state index in [1.54, 1.807) is 16.2 Å². The highest BCUT2D eigenvalue weighted by atomic mass is 16.2. The van der Waals surface area contributed by atoms with Crippen LogP contribution in [-0.4, -0.2) is 41.9 Å². The Morgan fingerprint density at radius 2 is 1.86 bits per heavy atom. The van der Waals surface area contributed by atoms with E-state index in [0.717, 1.165) is 17.8 Å². The van der Waals surface area contributed by atoms with Crippen molar-refractivity contribution < 1.29 is 0 Å². The molecular weight excluding hydrogens is 356 g/mol. The van der Waals surface area contributed by atoms with Gasteiger partial charge in [-0.05, 0) is 5.56 Å². The smallest absolute Gasteiger partial charge is 0.300 e. The summed E-state index contributed by atoms with van der Waals surface area (Å²) in [6.07, 6.45) is 3.73. The topological polar surface area (TPSA) is 78.0 Å². The monoisotopic (exact) mass is 376 g/mol. The van der Waals surface area contributed by atoms with Crippen molar-refractivity contribution in [2.75, 3.05) is 13.1 Å². The Morgan fingerprint density at radius 1 is 1.11 bits per heavy atom. The standard InChI is InChI=1S/C20H20N6O2/c1-23-18-8-11-24(9-5-10-25-14-21-22-15-25)13-17(18)19(27)26(20(23)28)12-16-6-3-2-4-7-16/h2-4,6-7,14-15H,8-9,11-13H2,1H3. The Kier molecular flexibility index (Phi) is 4.91. The van der Waals surface area contributed by atoms with Crippen molar-refractivity contribution in [2.45, 2.75) is 19.5 Å². The zero-order valence-electron chi connectivity index (χ0n) is 15.6. The summed E-state index contributed by atoms with van der Waals surface area (Å²) in [6.45, 7) is 2.03. The number of aromatic nitrogens is 5. The summed E-state index contributed by atoms with van der Waals surface area (Å²) < 4.78 is 4.52. The summed E-state index contributed by atoms with van der Waals surface area (Å²) in [5.74, 6) is 3.07. The van der Waals surface area contributed by atoms with Gasteiger partial charge in [-0.1, -0.05) is 36.3 Å². The maximum atomic E-state index is 13.1. The van der Waals surface area contributed by atoms with E-state index < -0.39 is 0 Å². The SMILES string of the molecule is Cn1c2c(c(=O)n(Cc3ccccc3)c1=O)CN(CC#Cn1cnnc1)CC2. The van der Waals surface area contributed by atoms with Crippen LogP contribution in [0.25, 0.3) is 0 Å². The zero-order chi connectivity index (χ0) is 19.5. The van der Waals surface area contributed by atoms with E-state index in [-0.39, 0.29) is 17.8 Å². The van der Waals surface area contributed by atoms with Crippen LogP contribution < -0.4 is 11.2 Å². The third kappa shape index (κ3) is 3.52. The fraction of sp³-hybridized carbons (Fsp3) is 0.300. The van der Waals surface area contributed by atoms with Gasteiger partial charge in [0.05, 0.1) is 18.7 Å². The Balaban J connectivity index is 1.61. The van der Waals surface area contributed by atoms with Crippen molar-refractivity contribution in [3.05, 3.63) is 80.6 Å². The second kappa shape index (κ2) is 7.66. The van der Waals surface area contributed by atoms with Gasteiger partial charge >= 0.3 is 5.69 Å². The largest absolute Gasteiger partial charge is 0.331 e. The zero-order valence-corrected chi connectivity index (χ0v) is 15.6. The van der Waals surface area contributed by atoms with Crippen LogP contribution in [0, 0.1) is 12.0 Å². The van der Waals surface area contributed by atoms with Crippen molar-refractivity contribution in [3.63, 3.8) is 0 Å². The minimum atomic E-state index is -0.270. The summed E-state index contributed by atoms with van der Waals surface area (Å²) in [4.78, 5) is 27.9. The molecule has 0 N–H and O–H groups in total. The molecule has 2 aromatic heterocycles. The van der Waals surface area contributed by atoms with Crippen molar-refractivity contribution in [1.82, 2.24) is 28.8 Å². The highest BCUT2D eigenvalue weighted by Gasteiger charge is 2.23. The number of hydrogen-bond acceptors (Lipinski definition) is 5. The molecule has 0 atom stereocenters. The summed E-state index contributed by atoms with van der Waals surface area (Å²) in [6, 6.07) is 12.5. The van der Waals surface area contributed by atoms with Gasteiger partial charge in [0.2, 0.25) is 0 Å². The van der Waals surface area contributed by atoms with Crippen LogP contribution in [0.2, 0.25) is 0 Å². The first-order valence-electron chi connectivity index (χ1n) is 9.05. The van der Waals surface area contributed by atoms with Crippen LogP contribution in [0.15, 0.2) is 52.6 Å².